The molecule has 210 valence electrons. The van der Waals surface area contributed by atoms with Crippen LogP contribution >= 0.6 is 23.8 Å². The fourth-order valence-electron chi connectivity index (χ4n) is 7.97. The van der Waals surface area contributed by atoms with Crippen LogP contribution in [0.4, 0.5) is 11.4 Å². The molecule has 0 N–H and O–H groups in total. The van der Waals surface area contributed by atoms with Crippen molar-refractivity contribution >= 4 is 45.8 Å². The van der Waals surface area contributed by atoms with Crippen molar-refractivity contribution in [3.63, 3.8) is 0 Å². The number of nitrogens with zero attached hydrogens (tertiary/aromatic N) is 2. The van der Waals surface area contributed by atoms with Crippen molar-refractivity contribution in [2.75, 3.05) is 38.0 Å². The second-order valence-corrected chi connectivity index (χ2v) is 31.6. The Hall–Kier alpha value is -0.810. The fraction of sp³-hybridized carbons (Fsp3) is 0.625. The first kappa shape index (κ1) is 32.4. The molecule has 0 unspecified atom stereocenters. The van der Waals surface area contributed by atoms with Gasteiger partial charge in [0.1, 0.15) is 0 Å². The van der Waals surface area contributed by atoms with Gasteiger partial charge in [0.25, 0.3) is 0 Å². The van der Waals surface area contributed by atoms with Gasteiger partial charge in [0.15, 0.2) is 0 Å². The number of hydrogen-bond acceptors (Lipinski definition) is 2. The SMILES string of the molecule is CN(C)c1ccc([P+](C(C)(C)C)(C(C)(C)C)P(Cl)(c2ccc(N(C)C)cc2)(C(C)(C)C)C(C)(C)C)cc1. The van der Waals surface area contributed by atoms with Gasteiger partial charge in [-0.25, -0.2) is 0 Å². The molecule has 0 spiro atoms. The maximum absolute atomic E-state index is 9.09. The van der Waals surface area contributed by atoms with Gasteiger partial charge in [-0.05, 0) is 0 Å². The summed E-state index contributed by atoms with van der Waals surface area (Å²) in [6.07, 6.45) is 0. The predicted molar refractivity (Wildman–Crippen MR) is 180 cm³/mol. The quantitative estimate of drug-likeness (QED) is 0.333. The molecule has 0 aliphatic carbocycles. The van der Waals surface area contributed by atoms with E-state index in [1.165, 1.54) is 22.0 Å². The molecule has 2 nitrogen and oxygen atoms in total. The standard InChI is InChI=1S/C32H56ClN2P2/c1-29(2,3)36(30(4,5)6,27-21-17-25(18-22-27)34(13)14)37(33,31(7,8)9,32(10,11)12)28-23-19-26(20-24-28)35(15)16/h17-24H,1-16H3/q+1. The second kappa shape index (κ2) is 9.68. The molecule has 0 radical (unpaired) electrons. The molecule has 0 aromatic heterocycles. The molecule has 2 rings (SSSR count). The number of benzene rings is 2. The molecule has 0 aliphatic heterocycles. The maximum atomic E-state index is 9.09. The Morgan fingerprint density at radius 3 is 1.08 bits per heavy atom. The summed E-state index contributed by atoms with van der Waals surface area (Å²) >= 11 is 9.09. The normalized spacial score (nSPS) is 15.2. The molecule has 2 aromatic carbocycles. The topological polar surface area (TPSA) is 6.48 Å². The second-order valence-electron chi connectivity index (χ2n) is 15.1. The Balaban J connectivity index is 3.41. The fourth-order valence-corrected chi connectivity index (χ4v) is 41.7. The minimum absolute atomic E-state index is 0.0504. The van der Waals surface area contributed by atoms with Gasteiger partial charge < -0.3 is 0 Å². The zero-order chi connectivity index (χ0) is 29.1. The van der Waals surface area contributed by atoms with Crippen molar-refractivity contribution in [1.29, 1.82) is 0 Å². The van der Waals surface area contributed by atoms with Gasteiger partial charge in [0, 0.05) is 0 Å². The molecule has 0 heterocycles. The van der Waals surface area contributed by atoms with Crippen LogP contribution in [0, 0.1) is 0 Å². The van der Waals surface area contributed by atoms with Gasteiger partial charge in [-0.3, -0.25) is 0 Å². The van der Waals surface area contributed by atoms with Crippen LogP contribution in [0.25, 0.3) is 0 Å². The van der Waals surface area contributed by atoms with Gasteiger partial charge >= 0.3 is 236 Å². The molecule has 0 saturated carbocycles. The van der Waals surface area contributed by atoms with Crippen molar-refractivity contribution in [2.24, 2.45) is 0 Å². The number of rotatable bonds is 5. The first-order valence-electron chi connectivity index (χ1n) is 13.6. The Kier molecular flexibility index (Phi) is 8.48. The van der Waals surface area contributed by atoms with Crippen molar-refractivity contribution < 1.29 is 0 Å². The van der Waals surface area contributed by atoms with E-state index in [0.29, 0.717) is 0 Å². The third-order valence-electron chi connectivity index (χ3n) is 8.53. The van der Waals surface area contributed by atoms with Crippen LogP contribution in [0.2, 0.25) is 0 Å². The zero-order valence-electron chi connectivity index (χ0n) is 26.8. The Labute approximate surface area is 235 Å². The van der Waals surface area contributed by atoms with Crippen LogP contribution in [-0.2, 0) is 0 Å². The van der Waals surface area contributed by atoms with Crippen molar-refractivity contribution in [2.45, 2.75) is 104 Å². The number of anilines is 2. The summed E-state index contributed by atoms with van der Waals surface area (Å²) in [6.45, 7) is 27.2. The van der Waals surface area contributed by atoms with Crippen LogP contribution in [0.5, 0.6) is 0 Å². The molecule has 0 aliphatic rings. The van der Waals surface area contributed by atoms with E-state index in [-0.39, 0.29) is 20.6 Å². The van der Waals surface area contributed by atoms with E-state index < -0.39 is 12.6 Å². The summed E-state index contributed by atoms with van der Waals surface area (Å²) in [4.78, 5) is 4.36. The Morgan fingerprint density at radius 1 is 0.541 bits per heavy atom. The van der Waals surface area contributed by atoms with Gasteiger partial charge in [-0.2, -0.15) is 0 Å². The van der Waals surface area contributed by atoms with Crippen LogP contribution < -0.4 is 20.4 Å². The monoisotopic (exact) mass is 565 g/mol. The molecular weight excluding hydrogens is 510 g/mol. The summed E-state index contributed by atoms with van der Waals surface area (Å²) < 4.78 is 0. The van der Waals surface area contributed by atoms with Gasteiger partial charge in [0.2, 0.25) is 0 Å². The Morgan fingerprint density at radius 2 is 0.838 bits per heavy atom. The van der Waals surface area contributed by atoms with Crippen molar-refractivity contribution in [3.05, 3.63) is 48.5 Å². The number of hydrogen-bond donors (Lipinski definition) is 0. The molecule has 0 bridgehead atoms. The summed E-state index contributed by atoms with van der Waals surface area (Å²) in [5, 5.41) is 2.37. The average molecular weight is 566 g/mol. The summed E-state index contributed by atoms with van der Waals surface area (Å²) in [5.41, 5.74) is -1.03. The average Bonchev–Trinajstić information content (AvgIpc) is 2.70. The van der Waals surface area contributed by atoms with E-state index in [1.54, 1.807) is 0 Å². The predicted octanol–water partition coefficient (Wildman–Crippen LogP) is 9.60. The van der Waals surface area contributed by atoms with E-state index in [0.717, 1.165) is 0 Å². The Bertz CT molecular complexity index is 1050. The van der Waals surface area contributed by atoms with Gasteiger partial charge in [0.05, 0.1) is 0 Å². The zero-order valence-corrected chi connectivity index (χ0v) is 29.3. The molecule has 37 heavy (non-hydrogen) atoms. The first-order valence-corrected chi connectivity index (χ1v) is 19.2. The molecular formula is C32H56ClN2P2+. The van der Waals surface area contributed by atoms with Gasteiger partial charge in [-0.15, -0.1) is 0 Å². The van der Waals surface area contributed by atoms with Crippen LogP contribution in [-0.4, -0.2) is 48.8 Å². The molecule has 0 amide bonds. The first-order chi connectivity index (χ1) is 16.4. The van der Waals surface area contributed by atoms with Gasteiger partial charge in [-0.1, -0.05) is 0 Å². The number of halogens is 1. The molecule has 2 aromatic rings. The minimum atomic E-state index is -3.46. The van der Waals surface area contributed by atoms with E-state index in [9.17, 15) is 0 Å². The molecule has 0 atom stereocenters. The van der Waals surface area contributed by atoms with E-state index in [1.807, 2.05) is 0 Å². The third-order valence-corrected chi connectivity index (χ3v) is 38.4. The molecule has 5 heteroatoms. The van der Waals surface area contributed by atoms with Crippen molar-refractivity contribution in [1.82, 2.24) is 0 Å². The van der Waals surface area contributed by atoms with Crippen LogP contribution in [0.15, 0.2) is 48.5 Å². The summed E-state index contributed by atoms with van der Waals surface area (Å²) in [6, 6.07) is 18.8. The molecule has 0 fully saturated rings. The summed E-state index contributed by atoms with van der Waals surface area (Å²) in [5.74, 6) is 0. The van der Waals surface area contributed by atoms with Crippen LogP contribution in [0.1, 0.15) is 83.1 Å². The van der Waals surface area contributed by atoms with Crippen molar-refractivity contribution in [3.8, 4) is 0 Å². The van der Waals surface area contributed by atoms with Crippen LogP contribution in [0.3, 0.4) is 0 Å². The van der Waals surface area contributed by atoms with E-state index in [2.05, 4.69) is 170 Å². The molecule has 0 saturated heterocycles. The summed E-state index contributed by atoms with van der Waals surface area (Å²) in [7, 11) is 8.44. The van der Waals surface area contributed by atoms with E-state index >= 15 is 0 Å². The third kappa shape index (κ3) is 4.28. The van der Waals surface area contributed by atoms with E-state index in [4.69, 9.17) is 11.2 Å².